The number of rotatable bonds is 3. The molecule has 1 aromatic carbocycles. The van der Waals surface area contributed by atoms with Crippen LogP contribution in [0, 0.1) is 19.8 Å². The van der Waals surface area contributed by atoms with Crippen LogP contribution in [0.2, 0.25) is 0 Å². The molecule has 0 aliphatic carbocycles. The number of ether oxygens (including phenoxy) is 1. The Hall–Kier alpha value is -1.12. The minimum absolute atomic E-state index is 0.0116. The third-order valence-corrected chi connectivity index (χ3v) is 2.71. The van der Waals surface area contributed by atoms with Crippen molar-refractivity contribution in [1.82, 2.24) is 0 Å². The van der Waals surface area contributed by atoms with Gasteiger partial charge in [0.2, 0.25) is 0 Å². The summed E-state index contributed by atoms with van der Waals surface area (Å²) in [6.07, 6.45) is 0. The fourth-order valence-corrected chi connectivity index (χ4v) is 1.78. The number of hydrogen-bond acceptors (Lipinski definition) is 1. The molecule has 0 aliphatic heterocycles. The van der Waals surface area contributed by atoms with E-state index in [0.29, 0.717) is 5.75 Å². The van der Waals surface area contributed by atoms with Gasteiger partial charge < -0.3 is 4.74 Å². The van der Waals surface area contributed by atoms with Gasteiger partial charge in [0.15, 0.2) is 0 Å². The fraction of sp³-hybridized carbons (Fsp3) is 0.538. The number of methoxy groups -OCH3 is 1. The van der Waals surface area contributed by atoms with E-state index < -0.39 is 11.8 Å². The lowest BCUT2D eigenvalue weighted by Crippen LogP contribution is -2.22. The first-order valence-electron chi connectivity index (χ1n) is 5.34. The van der Waals surface area contributed by atoms with E-state index in [9.17, 15) is 8.78 Å². The molecular formula is C13H18F2O. The monoisotopic (exact) mass is 228 g/mol. The first-order chi connectivity index (χ1) is 7.30. The van der Waals surface area contributed by atoms with Gasteiger partial charge in [-0.1, -0.05) is 25.5 Å². The van der Waals surface area contributed by atoms with Crippen LogP contribution in [-0.4, -0.2) is 7.11 Å². The zero-order valence-electron chi connectivity index (χ0n) is 10.4. The van der Waals surface area contributed by atoms with Crippen LogP contribution in [0.4, 0.5) is 8.78 Å². The summed E-state index contributed by atoms with van der Waals surface area (Å²) in [4.78, 5) is 0. The largest absolute Gasteiger partial charge is 0.496 e. The highest BCUT2D eigenvalue weighted by Gasteiger charge is 2.38. The van der Waals surface area contributed by atoms with Gasteiger partial charge in [-0.15, -0.1) is 0 Å². The molecule has 0 unspecified atom stereocenters. The van der Waals surface area contributed by atoms with Gasteiger partial charge in [-0.05, 0) is 25.5 Å². The van der Waals surface area contributed by atoms with Crippen LogP contribution in [0.15, 0.2) is 12.1 Å². The molecule has 90 valence electrons. The minimum Gasteiger partial charge on any atom is -0.496 e. The molecule has 0 N–H and O–H groups in total. The number of benzene rings is 1. The molecule has 3 heteroatoms. The second kappa shape index (κ2) is 4.40. The molecule has 0 fully saturated rings. The average molecular weight is 228 g/mol. The predicted octanol–water partition coefficient (Wildman–Crippen LogP) is 4.06. The topological polar surface area (TPSA) is 9.23 Å². The number of alkyl halides is 2. The van der Waals surface area contributed by atoms with Crippen LogP contribution < -0.4 is 4.74 Å². The molecule has 0 bridgehead atoms. The number of aryl methyl sites for hydroxylation is 2. The maximum absolute atomic E-state index is 14.0. The van der Waals surface area contributed by atoms with Crippen molar-refractivity contribution in [1.29, 1.82) is 0 Å². The third-order valence-electron chi connectivity index (χ3n) is 2.71. The number of halogens is 2. The van der Waals surface area contributed by atoms with E-state index in [4.69, 9.17) is 4.74 Å². The summed E-state index contributed by atoms with van der Waals surface area (Å²) in [5.74, 6) is -3.31. The van der Waals surface area contributed by atoms with Crippen molar-refractivity contribution >= 4 is 0 Å². The summed E-state index contributed by atoms with van der Waals surface area (Å²) in [5, 5.41) is 0. The molecule has 0 spiro atoms. The summed E-state index contributed by atoms with van der Waals surface area (Å²) < 4.78 is 33.1. The lowest BCUT2D eigenvalue weighted by atomic mass is 9.93. The lowest BCUT2D eigenvalue weighted by molar-refractivity contribution is -0.0532. The average Bonchev–Trinajstić information content (AvgIpc) is 2.16. The summed E-state index contributed by atoms with van der Waals surface area (Å²) in [5.41, 5.74) is 1.56. The highest BCUT2D eigenvalue weighted by atomic mass is 19.3. The van der Waals surface area contributed by atoms with Gasteiger partial charge >= 0.3 is 0 Å². The van der Waals surface area contributed by atoms with Gasteiger partial charge in [-0.2, -0.15) is 0 Å². The molecule has 0 heterocycles. The van der Waals surface area contributed by atoms with Crippen LogP contribution in [0.1, 0.15) is 30.5 Å². The maximum atomic E-state index is 14.0. The number of hydrogen-bond donors (Lipinski definition) is 0. The van der Waals surface area contributed by atoms with Crippen molar-refractivity contribution in [2.45, 2.75) is 33.6 Å². The van der Waals surface area contributed by atoms with E-state index in [1.807, 2.05) is 13.0 Å². The van der Waals surface area contributed by atoms with E-state index in [2.05, 4.69) is 0 Å². The second-order valence-corrected chi connectivity index (χ2v) is 4.44. The molecule has 0 radical (unpaired) electrons. The van der Waals surface area contributed by atoms with E-state index in [1.54, 1.807) is 6.92 Å². The van der Waals surface area contributed by atoms with E-state index in [-0.39, 0.29) is 5.56 Å². The quantitative estimate of drug-likeness (QED) is 0.758. The van der Waals surface area contributed by atoms with Gasteiger partial charge in [0.1, 0.15) is 5.75 Å². The molecule has 1 aromatic rings. The van der Waals surface area contributed by atoms with E-state index in [0.717, 1.165) is 11.1 Å². The molecule has 1 nitrogen and oxygen atoms in total. The minimum atomic E-state index is -2.86. The van der Waals surface area contributed by atoms with Gasteiger partial charge in [0.25, 0.3) is 5.92 Å². The molecule has 16 heavy (non-hydrogen) atoms. The second-order valence-electron chi connectivity index (χ2n) is 4.44. The Kier molecular flexibility index (Phi) is 3.56. The van der Waals surface area contributed by atoms with Crippen LogP contribution in [0.3, 0.4) is 0 Å². The van der Waals surface area contributed by atoms with Crippen LogP contribution in [-0.2, 0) is 5.92 Å². The highest BCUT2D eigenvalue weighted by Crippen LogP contribution is 2.42. The SMILES string of the molecule is COc1c(C)cc(C)cc1C(F)(F)C(C)C. The van der Waals surface area contributed by atoms with Crippen molar-refractivity contribution in [3.63, 3.8) is 0 Å². The van der Waals surface area contributed by atoms with Crippen molar-refractivity contribution in [2.24, 2.45) is 5.92 Å². The van der Waals surface area contributed by atoms with Crippen LogP contribution in [0.25, 0.3) is 0 Å². The van der Waals surface area contributed by atoms with Crippen LogP contribution >= 0.6 is 0 Å². The Morgan fingerprint density at radius 1 is 1.19 bits per heavy atom. The van der Waals surface area contributed by atoms with E-state index in [1.165, 1.54) is 27.0 Å². The van der Waals surface area contributed by atoms with Gasteiger partial charge in [0.05, 0.1) is 12.7 Å². The molecule has 0 aliphatic rings. The Morgan fingerprint density at radius 2 is 1.75 bits per heavy atom. The zero-order chi connectivity index (χ0) is 12.5. The molecule has 0 saturated heterocycles. The normalized spacial score (nSPS) is 12.0. The standard InChI is InChI=1S/C13H18F2O/c1-8(2)13(14,15)11-7-9(3)6-10(4)12(11)16-5/h6-8H,1-5H3. The van der Waals surface area contributed by atoms with Crippen LogP contribution in [0.5, 0.6) is 5.75 Å². The van der Waals surface area contributed by atoms with Crippen molar-refractivity contribution in [3.8, 4) is 5.75 Å². The first kappa shape index (κ1) is 12.9. The Labute approximate surface area is 95.4 Å². The van der Waals surface area contributed by atoms with Crippen molar-refractivity contribution < 1.29 is 13.5 Å². The summed E-state index contributed by atoms with van der Waals surface area (Å²) in [6, 6.07) is 3.35. The summed E-state index contributed by atoms with van der Waals surface area (Å²) >= 11 is 0. The fourth-order valence-electron chi connectivity index (χ4n) is 1.78. The van der Waals surface area contributed by atoms with Gasteiger partial charge in [-0.3, -0.25) is 0 Å². The third kappa shape index (κ3) is 2.18. The van der Waals surface area contributed by atoms with Gasteiger partial charge in [0, 0.05) is 5.92 Å². The smallest absolute Gasteiger partial charge is 0.279 e. The van der Waals surface area contributed by atoms with Crippen molar-refractivity contribution in [3.05, 3.63) is 28.8 Å². The molecule has 0 saturated carbocycles. The maximum Gasteiger partial charge on any atom is 0.279 e. The van der Waals surface area contributed by atoms with Crippen molar-refractivity contribution in [2.75, 3.05) is 7.11 Å². The molecule has 0 atom stereocenters. The predicted molar refractivity (Wildman–Crippen MR) is 61.2 cm³/mol. The zero-order valence-corrected chi connectivity index (χ0v) is 10.4. The van der Waals surface area contributed by atoms with Gasteiger partial charge in [-0.25, -0.2) is 8.78 Å². The molecular weight excluding hydrogens is 210 g/mol. The lowest BCUT2D eigenvalue weighted by Gasteiger charge is -2.24. The molecule has 0 amide bonds. The Balaban J connectivity index is 3.42. The highest BCUT2D eigenvalue weighted by molar-refractivity contribution is 5.46. The molecule has 0 aromatic heterocycles. The van der Waals surface area contributed by atoms with E-state index >= 15 is 0 Å². The first-order valence-corrected chi connectivity index (χ1v) is 5.34. The molecule has 1 rings (SSSR count). The summed E-state index contributed by atoms with van der Waals surface area (Å²) in [7, 11) is 1.43. The Morgan fingerprint density at radius 3 is 2.19 bits per heavy atom. The Bertz CT molecular complexity index is 384. The summed E-state index contributed by atoms with van der Waals surface area (Å²) in [6.45, 7) is 6.62.